The molecule has 1 saturated heterocycles. The molecule has 4 aromatic rings. The fraction of sp³-hybridized carbons (Fsp3) is 0.227. The summed E-state index contributed by atoms with van der Waals surface area (Å²) in [4.78, 5) is 36.4. The summed E-state index contributed by atoms with van der Waals surface area (Å²) in [5, 5.41) is 7.79. The molecule has 3 N–H and O–H groups in total. The maximum Gasteiger partial charge on any atom is 0.324 e. The molecule has 0 unspecified atom stereocenters. The molecule has 1 aliphatic heterocycles. The maximum absolute atomic E-state index is 12.1. The van der Waals surface area contributed by atoms with Crippen molar-refractivity contribution in [3.63, 3.8) is 0 Å². The van der Waals surface area contributed by atoms with Crippen LogP contribution in [0.3, 0.4) is 0 Å². The van der Waals surface area contributed by atoms with E-state index in [4.69, 9.17) is 10.7 Å². The molecule has 11 heteroatoms. The minimum absolute atomic E-state index is 0.374. The summed E-state index contributed by atoms with van der Waals surface area (Å²) < 4.78 is 2.25. The number of nitrogens with two attached hydrogens (primary N) is 1. The second-order valence-corrected chi connectivity index (χ2v) is 8.60. The summed E-state index contributed by atoms with van der Waals surface area (Å²) in [6.07, 6.45) is 3.55. The highest BCUT2D eigenvalue weighted by molar-refractivity contribution is 9.10. The van der Waals surface area contributed by atoms with E-state index in [2.05, 4.69) is 42.3 Å². The van der Waals surface area contributed by atoms with E-state index in [1.165, 1.54) is 6.92 Å². The number of fused-ring (bicyclic) bond motifs is 2. The van der Waals surface area contributed by atoms with Gasteiger partial charge >= 0.3 is 6.03 Å². The van der Waals surface area contributed by atoms with Gasteiger partial charge in [0.25, 0.3) is 0 Å². The lowest BCUT2D eigenvalue weighted by molar-refractivity contribution is -0.118. The number of imide groups is 1. The van der Waals surface area contributed by atoms with E-state index in [1.54, 1.807) is 15.6 Å². The number of benzene rings is 1. The average molecular weight is 509 g/mol. The lowest BCUT2D eigenvalue weighted by Crippen LogP contribution is -2.52. The van der Waals surface area contributed by atoms with Crippen LogP contribution in [0.25, 0.3) is 27.7 Å². The van der Waals surface area contributed by atoms with Gasteiger partial charge in [0.1, 0.15) is 16.1 Å². The molecule has 1 fully saturated rings. The van der Waals surface area contributed by atoms with Crippen LogP contribution < -0.4 is 16.0 Å². The summed E-state index contributed by atoms with van der Waals surface area (Å²) in [6, 6.07) is 9.60. The molecular formula is C22H21BrN8O2. The molecule has 1 aliphatic rings. The normalized spacial score (nSPS) is 14.1. The van der Waals surface area contributed by atoms with Gasteiger partial charge in [-0.05, 0) is 28.1 Å². The summed E-state index contributed by atoms with van der Waals surface area (Å²) in [6.45, 7) is 3.33. The number of nitrogens with zero attached hydrogens (tertiary/aromatic N) is 6. The number of hydrogen-bond acceptors (Lipinski definition) is 7. The largest absolute Gasteiger partial charge is 0.383 e. The lowest BCUT2D eigenvalue weighted by atomic mass is 10.1. The van der Waals surface area contributed by atoms with Gasteiger partial charge < -0.3 is 15.5 Å². The van der Waals surface area contributed by atoms with Gasteiger partial charge in [-0.25, -0.2) is 9.78 Å². The van der Waals surface area contributed by atoms with Gasteiger partial charge in [-0.1, -0.05) is 18.2 Å². The first kappa shape index (κ1) is 21.1. The third kappa shape index (κ3) is 3.84. The molecule has 1 aromatic carbocycles. The van der Waals surface area contributed by atoms with Crippen LogP contribution in [-0.2, 0) is 4.79 Å². The standard InChI is InChI=1S/C22H21BrN8O2/c1-13(32)27-22(33)30-8-6-29(7-9-30)21-18(23)19(24)31-20(28-21)16(12-26-31)15-10-14-4-2-3-5-17(14)25-11-15/h2-5,10-12H,6-9,24H2,1H3,(H,27,32,33). The van der Waals surface area contributed by atoms with Crippen LogP contribution >= 0.6 is 15.9 Å². The number of halogens is 1. The predicted octanol–water partition coefficient (Wildman–Crippen LogP) is 2.67. The molecule has 168 valence electrons. The van der Waals surface area contributed by atoms with E-state index in [-0.39, 0.29) is 11.9 Å². The van der Waals surface area contributed by atoms with Gasteiger partial charge in [-0.3, -0.25) is 15.1 Å². The highest BCUT2D eigenvalue weighted by Gasteiger charge is 2.26. The number of nitrogens with one attached hydrogen (secondary N) is 1. The van der Waals surface area contributed by atoms with Crippen molar-refractivity contribution in [3.05, 3.63) is 47.2 Å². The second-order valence-electron chi connectivity index (χ2n) is 7.81. The molecule has 0 aliphatic carbocycles. The lowest BCUT2D eigenvalue weighted by Gasteiger charge is -2.35. The number of carbonyl (C=O) groups excluding carboxylic acids is 2. The summed E-state index contributed by atoms with van der Waals surface area (Å²) in [5.41, 5.74) is 9.66. The Morgan fingerprint density at radius 3 is 2.64 bits per heavy atom. The summed E-state index contributed by atoms with van der Waals surface area (Å²) in [7, 11) is 0. The number of pyridine rings is 1. The van der Waals surface area contributed by atoms with Crippen molar-refractivity contribution in [2.75, 3.05) is 36.8 Å². The number of amides is 3. The number of carbonyl (C=O) groups is 2. The Morgan fingerprint density at radius 2 is 1.88 bits per heavy atom. The van der Waals surface area contributed by atoms with Crippen LogP contribution in [0.5, 0.6) is 0 Å². The first-order valence-corrected chi connectivity index (χ1v) is 11.2. The van der Waals surface area contributed by atoms with Crippen LogP contribution in [-0.4, -0.2) is 62.6 Å². The van der Waals surface area contributed by atoms with E-state index in [9.17, 15) is 9.59 Å². The third-order valence-corrected chi connectivity index (χ3v) is 6.42. The minimum atomic E-state index is -0.383. The van der Waals surface area contributed by atoms with Crippen molar-refractivity contribution < 1.29 is 9.59 Å². The maximum atomic E-state index is 12.1. The molecule has 0 bridgehead atoms. The van der Waals surface area contributed by atoms with Crippen LogP contribution in [0.15, 0.2) is 47.2 Å². The Bertz CT molecular complexity index is 1390. The van der Waals surface area contributed by atoms with Gasteiger partial charge in [-0.15, -0.1) is 0 Å². The van der Waals surface area contributed by atoms with Crippen LogP contribution in [0.2, 0.25) is 0 Å². The number of nitrogen functional groups attached to an aromatic ring is 1. The summed E-state index contributed by atoms with van der Waals surface area (Å²) >= 11 is 3.57. The molecule has 3 aromatic heterocycles. The third-order valence-electron chi connectivity index (χ3n) is 5.66. The fourth-order valence-corrected chi connectivity index (χ4v) is 4.47. The monoisotopic (exact) mass is 508 g/mol. The van der Waals surface area contributed by atoms with Gasteiger partial charge in [0, 0.05) is 55.8 Å². The number of urea groups is 1. The fourth-order valence-electron chi connectivity index (χ4n) is 3.97. The molecule has 4 heterocycles. The Labute approximate surface area is 197 Å². The van der Waals surface area contributed by atoms with Gasteiger partial charge in [0.15, 0.2) is 5.65 Å². The molecule has 0 spiro atoms. The van der Waals surface area contributed by atoms with E-state index < -0.39 is 0 Å². The van der Waals surface area contributed by atoms with Crippen LogP contribution in [0.1, 0.15) is 6.92 Å². The zero-order chi connectivity index (χ0) is 23.1. The zero-order valence-electron chi connectivity index (χ0n) is 17.8. The van der Waals surface area contributed by atoms with Crippen molar-refractivity contribution in [2.24, 2.45) is 0 Å². The van der Waals surface area contributed by atoms with Crippen molar-refractivity contribution in [2.45, 2.75) is 6.92 Å². The van der Waals surface area contributed by atoms with E-state index in [1.807, 2.05) is 30.5 Å². The number of para-hydroxylation sites is 1. The highest BCUT2D eigenvalue weighted by atomic mass is 79.9. The molecule has 0 atom stereocenters. The number of rotatable bonds is 2. The Kier molecular flexibility index (Phi) is 5.33. The Hall–Kier alpha value is -3.73. The molecular weight excluding hydrogens is 488 g/mol. The minimum Gasteiger partial charge on any atom is -0.383 e. The molecule has 10 nitrogen and oxygen atoms in total. The molecule has 0 radical (unpaired) electrons. The van der Waals surface area contributed by atoms with Crippen molar-refractivity contribution >= 4 is 56.1 Å². The van der Waals surface area contributed by atoms with Gasteiger partial charge in [0.2, 0.25) is 5.91 Å². The van der Waals surface area contributed by atoms with Gasteiger partial charge in [-0.2, -0.15) is 9.61 Å². The van der Waals surface area contributed by atoms with Crippen molar-refractivity contribution in [3.8, 4) is 11.1 Å². The molecule has 33 heavy (non-hydrogen) atoms. The van der Waals surface area contributed by atoms with Gasteiger partial charge in [0.05, 0.1) is 11.7 Å². The van der Waals surface area contributed by atoms with E-state index >= 15 is 0 Å². The molecule has 0 saturated carbocycles. The highest BCUT2D eigenvalue weighted by Crippen LogP contribution is 2.34. The molecule has 5 rings (SSSR count). The number of aromatic nitrogens is 4. The van der Waals surface area contributed by atoms with Crippen LogP contribution in [0.4, 0.5) is 16.4 Å². The predicted molar refractivity (Wildman–Crippen MR) is 129 cm³/mol. The summed E-state index contributed by atoms with van der Waals surface area (Å²) in [5.74, 6) is 0.746. The topological polar surface area (TPSA) is 122 Å². The first-order chi connectivity index (χ1) is 15.9. The Morgan fingerprint density at radius 1 is 1.12 bits per heavy atom. The van der Waals surface area contributed by atoms with Crippen molar-refractivity contribution in [1.82, 2.24) is 29.8 Å². The Balaban J connectivity index is 1.49. The van der Waals surface area contributed by atoms with E-state index in [0.29, 0.717) is 47.9 Å². The van der Waals surface area contributed by atoms with E-state index in [0.717, 1.165) is 22.0 Å². The number of anilines is 2. The first-order valence-electron chi connectivity index (χ1n) is 10.4. The van der Waals surface area contributed by atoms with Crippen molar-refractivity contribution in [1.29, 1.82) is 0 Å². The number of piperazine rings is 1. The van der Waals surface area contributed by atoms with Crippen LogP contribution in [0, 0.1) is 0 Å². The second kappa shape index (κ2) is 8.32. The zero-order valence-corrected chi connectivity index (χ0v) is 19.4. The average Bonchev–Trinajstić information content (AvgIpc) is 3.25. The quantitative estimate of drug-likeness (QED) is 0.426. The SMILES string of the molecule is CC(=O)NC(=O)N1CCN(c2nc3c(-c4cnc5ccccc5c4)cnn3c(N)c2Br)CC1. The smallest absolute Gasteiger partial charge is 0.324 e. The number of hydrogen-bond donors (Lipinski definition) is 2. The molecule has 3 amide bonds.